The Morgan fingerprint density at radius 3 is 1.81 bits per heavy atom. The van der Waals surface area contributed by atoms with Gasteiger partial charge in [0.25, 0.3) is 0 Å². The molecular weight excluding hydrogens is 208 g/mol. The Hall–Kier alpha value is -1.84. The predicted octanol–water partition coefficient (Wildman–Crippen LogP) is 3.05. The van der Waals surface area contributed by atoms with E-state index in [2.05, 4.69) is 0 Å². The van der Waals surface area contributed by atoms with E-state index in [4.69, 9.17) is 10.2 Å². The number of hydrogen-bond acceptors (Lipinski definition) is 2. The monoisotopic (exact) mass is 226 g/mol. The Morgan fingerprint density at radius 1 is 1.00 bits per heavy atom. The molecule has 1 rings (SSSR count). The minimum atomic E-state index is -1.22. The molecule has 4 heteroatoms. The van der Waals surface area contributed by atoms with Gasteiger partial charge in [-0.15, -0.1) is 0 Å². The third kappa shape index (κ3) is 4.13. The van der Waals surface area contributed by atoms with Crippen molar-refractivity contribution in [2.75, 3.05) is 0 Å². The smallest absolute Gasteiger partial charge is 0.336 e. The molecule has 16 heavy (non-hydrogen) atoms. The van der Waals surface area contributed by atoms with E-state index in [-0.39, 0.29) is 18.6 Å². The Bertz CT molecular complexity index is 369. The molecule has 0 radical (unpaired) electrons. The van der Waals surface area contributed by atoms with Crippen LogP contribution in [0.15, 0.2) is 18.2 Å². The SMILES string of the molecule is C.CC.Cc1ccc(C(=O)O)c(C(=O)O)c1. The molecule has 0 aliphatic rings. The van der Waals surface area contributed by atoms with Gasteiger partial charge in [0.15, 0.2) is 0 Å². The minimum absolute atomic E-state index is 0. The van der Waals surface area contributed by atoms with Crippen molar-refractivity contribution in [3.8, 4) is 0 Å². The molecule has 0 amide bonds. The Labute approximate surface area is 95.5 Å². The van der Waals surface area contributed by atoms with Crippen LogP contribution >= 0.6 is 0 Å². The number of carboxylic acids is 2. The van der Waals surface area contributed by atoms with Crippen molar-refractivity contribution in [2.24, 2.45) is 0 Å². The second kappa shape index (κ2) is 7.45. The van der Waals surface area contributed by atoms with Crippen LogP contribution < -0.4 is 0 Å². The molecule has 0 aliphatic carbocycles. The van der Waals surface area contributed by atoms with E-state index in [1.807, 2.05) is 13.8 Å². The van der Waals surface area contributed by atoms with E-state index in [9.17, 15) is 9.59 Å². The lowest BCUT2D eigenvalue weighted by atomic mass is 10.0. The van der Waals surface area contributed by atoms with Crippen LogP contribution in [0.25, 0.3) is 0 Å². The summed E-state index contributed by atoms with van der Waals surface area (Å²) < 4.78 is 0. The van der Waals surface area contributed by atoms with Crippen LogP contribution in [-0.4, -0.2) is 22.2 Å². The minimum Gasteiger partial charge on any atom is -0.478 e. The van der Waals surface area contributed by atoms with Gasteiger partial charge < -0.3 is 10.2 Å². The predicted molar refractivity (Wildman–Crippen MR) is 63.2 cm³/mol. The van der Waals surface area contributed by atoms with E-state index >= 15 is 0 Å². The molecule has 90 valence electrons. The van der Waals surface area contributed by atoms with Gasteiger partial charge in [-0.1, -0.05) is 32.9 Å². The lowest BCUT2D eigenvalue weighted by Crippen LogP contribution is -2.07. The second-order valence-electron chi connectivity index (χ2n) is 2.66. The summed E-state index contributed by atoms with van der Waals surface area (Å²) in [6.45, 7) is 5.71. The number of carbonyl (C=O) groups is 2. The highest BCUT2D eigenvalue weighted by Gasteiger charge is 2.14. The van der Waals surface area contributed by atoms with Crippen LogP contribution in [0.3, 0.4) is 0 Å². The van der Waals surface area contributed by atoms with Crippen LogP contribution in [0.5, 0.6) is 0 Å². The highest BCUT2D eigenvalue weighted by Crippen LogP contribution is 2.11. The zero-order chi connectivity index (χ0) is 12.0. The summed E-state index contributed by atoms with van der Waals surface area (Å²) in [5, 5.41) is 17.3. The number of aromatic carboxylic acids is 2. The lowest BCUT2D eigenvalue weighted by Gasteiger charge is -2.01. The van der Waals surface area contributed by atoms with Gasteiger partial charge in [-0.3, -0.25) is 0 Å². The highest BCUT2D eigenvalue weighted by molar-refractivity contribution is 6.01. The molecule has 0 saturated heterocycles. The summed E-state index contributed by atoms with van der Waals surface area (Å²) in [6.07, 6.45) is 0. The molecular formula is C12H18O4. The summed E-state index contributed by atoms with van der Waals surface area (Å²) in [7, 11) is 0. The van der Waals surface area contributed by atoms with Crippen molar-refractivity contribution in [3.63, 3.8) is 0 Å². The van der Waals surface area contributed by atoms with Crippen molar-refractivity contribution in [2.45, 2.75) is 28.2 Å². The molecule has 0 bridgehead atoms. The average Bonchev–Trinajstić information content (AvgIpc) is 2.20. The summed E-state index contributed by atoms with van der Waals surface area (Å²) in [4.78, 5) is 21.2. The van der Waals surface area contributed by atoms with Crippen LogP contribution in [0.1, 0.15) is 47.6 Å². The largest absolute Gasteiger partial charge is 0.478 e. The summed E-state index contributed by atoms with van der Waals surface area (Å²) in [6, 6.07) is 4.20. The Kier molecular flexibility index (Phi) is 7.72. The highest BCUT2D eigenvalue weighted by atomic mass is 16.4. The fourth-order valence-electron chi connectivity index (χ4n) is 1.02. The number of benzene rings is 1. The molecule has 4 nitrogen and oxygen atoms in total. The standard InChI is InChI=1S/C9H8O4.C2H6.CH4/c1-5-2-3-6(8(10)11)7(4-5)9(12)13;1-2;/h2-4H,1H3,(H,10,11)(H,12,13);1-2H3;1H4. The maximum atomic E-state index is 10.6. The first-order valence-electron chi connectivity index (χ1n) is 4.59. The number of rotatable bonds is 2. The second-order valence-corrected chi connectivity index (χ2v) is 2.66. The lowest BCUT2D eigenvalue weighted by molar-refractivity contribution is 0.0651. The van der Waals surface area contributed by atoms with Crippen LogP contribution in [0.4, 0.5) is 0 Å². The maximum absolute atomic E-state index is 10.6. The van der Waals surface area contributed by atoms with Gasteiger partial charge >= 0.3 is 11.9 Å². The van der Waals surface area contributed by atoms with Crippen LogP contribution in [-0.2, 0) is 0 Å². The molecule has 2 N–H and O–H groups in total. The van der Waals surface area contributed by atoms with Gasteiger partial charge in [0.05, 0.1) is 11.1 Å². The molecule has 1 aromatic rings. The Balaban J connectivity index is 0. The van der Waals surface area contributed by atoms with E-state index in [0.717, 1.165) is 5.56 Å². The molecule has 0 saturated carbocycles. The van der Waals surface area contributed by atoms with Crippen LogP contribution in [0.2, 0.25) is 0 Å². The molecule has 0 heterocycles. The van der Waals surface area contributed by atoms with Gasteiger partial charge in [0.2, 0.25) is 0 Å². The van der Waals surface area contributed by atoms with E-state index in [0.29, 0.717) is 0 Å². The molecule has 0 spiro atoms. The van der Waals surface area contributed by atoms with Gasteiger partial charge in [-0.2, -0.15) is 0 Å². The first kappa shape index (κ1) is 16.6. The van der Waals surface area contributed by atoms with Gasteiger partial charge in [0.1, 0.15) is 0 Å². The van der Waals surface area contributed by atoms with Gasteiger partial charge in [-0.05, 0) is 19.1 Å². The van der Waals surface area contributed by atoms with Gasteiger partial charge in [0, 0.05) is 0 Å². The van der Waals surface area contributed by atoms with Crippen molar-refractivity contribution in [1.29, 1.82) is 0 Å². The summed E-state index contributed by atoms with van der Waals surface area (Å²) in [5.74, 6) is -2.45. The zero-order valence-electron chi connectivity index (χ0n) is 8.94. The van der Waals surface area contributed by atoms with Crippen molar-refractivity contribution in [1.82, 2.24) is 0 Å². The summed E-state index contributed by atoms with van der Waals surface area (Å²) >= 11 is 0. The number of aryl methyl sites for hydroxylation is 1. The number of carboxylic acid groups (broad SMARTS) is 2. The summed E-state index contributed by atoms with van der Waals surface area (Å²) in [5.41, 5.74) is 0.369. The maximum Gasteiger partial charge on any atom is 0.336 e. The molecule has 0 atom stereocenters. The molecule has 0 fully saturated rings. The molecule has 0 aliphatic heterocycles. The molecule has 1 aromatic carbocycles. The first-order valence-corrected chi connectivity index (χ1v) is 4.59. The Morgan fingerprint density at radius 2 is 1.44 bits per heavy atom. The first-order chi connectivity index (χ1) is 7.02. The van der Waals surface area contributed by atoms with E-state index in [1.54, 1.807) is 13.0 Å². The fraction of sp³-hybridized carbons (Fsp3) is 0.333. The third-order valence-corrected chi connectivity index (χ3v) is 1.64. The topological polar surface area (TPSA) is 74.6 Å². The fourth-order valence-corrected chi connectivity index (χ4v) is 1.02. The molecule has 0 unspecified atom stereocenters. The normalized spacial score (nSPS) is 8.19. The average molecular weight is 226 g/mol. The van der Waals surface area contributed by atoms with Crippen molar-refractivity contribution >= 4 is 11.9 Å². The van der Waals surface area contributed by atoms with Crippen molar-refractivity contribution in [3.05, 3.63) is 34.9 Å². The molecule has 0 aromatic heterocycles. The van der Waals surface area contributed by atoms with Crippen LogP contribution in [0, 0.1) is 6.92 Å². The van der Waals surface area contributed by atoms with E-state index in [1.165, 1.54) is 12.1 Å². The quantitative estimate of drug-likeness (QED) is 0.812. The number of hydrogen-bond donors (Lipinski definition) is 2. The van der Waals surface area contributed by atoms with E-state index < -0.39 is 11.9 Å². The van der Waals surface area contributed by atoms with Crippen molar-refractivity contribution < 1.29 is 19.8 Å². The zero-order valence-corrected chi connectivity index (χ0v) is 8.94. The third-order valence-electron chi connectivity index (χ3n) is 1.64. The van der Waals surface area contributed by atoms with Gasteiger partial charge in [-0.25, -0.2) is 9.59 Å².